The van der Waals surface area contributed by atoms with Crippen LogP contribution in [0.5, 0.6) is 11.5 Å². The zero-order valence-electron chi connectivity index (χ0n) is 7.60. The molecule has 0 aliphatic carbocycles. The van der Waals surface area contributed by atoms with E-state index in [1.165, 1.54) is 0 Å². The monoisotopic (exact) mass is 190 g/mol. The molecule has 0 amide bonds. The fourth-order valence-corrected chi connectivity index (χ4v) is 1.35. The lowest BCUT2D eigenvalue weighted by Gasteiger charge is -2.24. The number of carbonyl (C=O) groups is 1. The molecule has 1 unspecified atom stereocenters. The number of aldehydes is 1. The van der Waals surface area contributed by atoms with E-state index in [4.69, 9.17) is 9.47 Å². The van der Waals surface area contributed by atoms with Gasteiger partial charge in [0.1, 0.15) is 6.61 Å². The molecule has 1 aromatic rings. The molecule has 0 spiro atoms. The number of hydrogen-bond acceptors (Lipinski definition) is 3. The van der Waals surface area contributed by atoms with Gasteiger partial charge in [0.05, 0.1) is 5.56 Å². The summed E-state index contributed by atoms with van der Waals surface area (Å²) in [6.07, 6.45) is 2.30. The van der Waals surface area contributed by atoms with Gasteiger partial charge in [0.2, 0.25) is 0 Å². The van der Waals surface area contributed by atoms with Gasteiger partial charge in [-0.05, 0) is 18.2 Å². The molecule has 3 heteroatoms. The van der Waals surface area contributed by atoms with Crippen molar-refractivity contribution < 1.29 is 14.3 Å². The van der Waals surface area contributed by atoms with Gasteiger partial charge >= 0.3 is 0 Å². The number of carbonyl (C=O) groups excluding carboxylic acids is 1. The van der Waals surface area contributed by atoms with Crippen LogP contribution in [0.1, 0.15) is 10.4 Å². The molecule has 0 saturated heterocycles. The van der Waals surface area contributed by atoms with E-state index in [-0.39, 0.29) is 6.10 Å². The van der Waals surface area contributed by atoms with Crippen LogP contribution in [-0.4, -0.2) is 19.0 Å². The normalized spacial score (nSPS) is 18.7. The van der Waals surface area contributed by atoms with Crippen LogP contribution in [0.4, 0.5) is 0 Å². The maximum absolute atomic E-state index is 10.7. The van der Waals surface area contributed by atoms with Crippen LogP contribution >= 0.6 is 0 Å². The fourth-order valence-electron chi connectivity index (χ4n) is 1.35. The summed E-state index contributed by atoms with van der Waals surface area (Å²) >= 11 is 0. The van der Waals surface area contributed by atoms with Crippen LogP contribution in [0.2, 0.25) is 0 Å². The molecule has 0 bridgehead atoms. The Morgan fingerprint density at radius 1 is 1.50 bits per heavy atom. The Morgan fingerprint density at radius 2 is 2.36 bits per heavy atom. The lowest BCUT2D eigenvalue weighted by atomic mass is 10.2. The molecule has 2 rings (SSSR count). The number of rotatable bonds is 2. The molecule has 0 N–H and O–H groups in total. The molecule has 14 heavy (non-hydrogen) atoms. The maximum Gasteiger partial charge on any atom is 0.171 e. The molecule has 0 fully saturated rings. The molecule has 1 heterocycles. The number of ether oxygens (including phenoxy) is 2. The molecule has 1 aliphatic rings. The van der Waals surface area contributed by atoms with Crippen LogP contribution in [0.15, 0.2) is 30.9 Å². The topological polar surface area (TPSA) is 35.5 Å². The van der Waals surface area contributed by atoms with Crippen molar-refractivity contribution in [3.05, 3.63) is 36.4 Å². The van der Waals surface area contributed by atoms with Crippen molar-refractivity contribution in [1.82, 2.24) is 0 Å². The average Bonchev–Trinajstić information content (AvgIpc) is 2.27. The minimum Gasteiger partial charge on any atom is -0.485 e. The molecule has 1 aliphatic heterocycles. The SMILES string of the molecule is C=CC1COc2c(C=O)cccc2O1. The zero-order valence-corrected chi connectivity index (χ0v) is 7.60. The average molecular weight is 190 g/mol. The Hall–Kier alpha value is -1.77. The zero-order chi connectivity index (χ0) is 9.97. The first-order valence-electron chi connectivity index (χ1n) is 4.35. The van der Waals surface area contributed by atoms with E-state index in [0.29, 0.717) is 23.7 Å². The van der Waals surface area contributed by atoms with E-state index >= 15 is 0 Å². The van der Waals surface area contributed by atoms with E-state index in [1.54, 1.807) is 24.3 Å². The Morgan fingerprint density at radius 3 is 3.07 bits per heavy atom. The molecule has 3 nitrogen and oxygen atoms in total. The summed E-state index contributed by atoms with van der Waals surface area (Å²) in [6.45, 7) is 4.03. The van der Waals surface area contributed by atoms with Crippen LogP contribution in [0.3, 0.4) is 0 Å². The molecule has 0 aromatic heterocycles. The third-order valence-corrected chi connectivity index (χ3v) is 2.07. The van der Waals surface area contributed by atoms with Gasteiger partial charge in [0, 0.05) is 0 Å². The Labute approximate surface area is 81.9 Å². The predicted molar refractivity (Wildman–Crippen MR) is 51.9 cm³/mol. The number of hydrogen-bond donors (Lipinski definition) is 0. The van der Waals surface area contributed by atoms with Gasteiger partial charge in [-0.3, -0.25) is 4.79 Å². The highest BCUT2D eigenvalue weighted by Crippen LogP contribution is 2.34. The smallest absolute Gasteiger partial charge is 0.171 e. The summed E-state index contributed by atoms with van der Waals surface area (Å²) in [5, 5.41) is 0. The van der Waals surface area contributed by atoms with E-state index in [1.807, 2.05) is 0 Å². The third-order valence-electron chi connectivity index (χ3n) is 2.07. The highest BCUT2D eigenvalue weighted by atomic mass is 16.6. The van der Waals surface area contributed by atoms with Gasteiger partial charge in [-0.15, -0.1) is 0 Å². The van der Waals surface area contributed by atoms with Crippen molar-refractivity contribution in [2.45, 2.75) is 6.10 Å². The van der Waals surface area contributed by atoms with Crippen molar-refractivity contribution in [1.29, 1.82) is 0 Å². The van der Waals surface area contributed by atoms with Crippen LogP contribution < -0.4 is 9.47 Å². The molecule has 72 valence electrons. The lowest BCUT2D eigenvalue weighted by molar-refractivity contribution is 0.108. The van der Waals surface area contributed by atoms with Crippen molar-refractivity contribution in [3.8, 4) is 11.5 Å². The summed E-state index contributed by atoms with van der Waals surface area (Å²) in [5.74, 6) is 1.13. The molecular formula is C11H10O3. The number of para-hydroxylation sites is 1. The second kappa shape index (κ2) is 3.54. The molecule has 1 aromatic carbocycles. The standard InChI is InChI=1S/C11H10O3/c1-2-9-7-13-11-8(6-12)4-3-5-10(11)14-9/h2-6,9H,1,7H2. The molecule has 0 saturated carbocycles. The largest absolute Gasteiger partial charge is 0.485 e. The highest BCUT2D eigenvalue weighted by Gasteiger charge is 2.20. The van der Waals surface area contributed by atoms with E-state index < -0.39 is 0 Å². The van der Waals surface area contributed by atoms with Crippen LogP contribution in [-0.2, 0) is 0 Å². The van der Waals surface area contributed by atoms with Crippen molar-refractivity contribution in [2.24, 2.45) is 0 Å². The first-order chi connectivity index (χ1) is 6.85. The summed E-state index contributed by atoms with van der Waals surface area (Å²) in [7, 11) is 0. The summed E-state index contributed by atoms with van der Waals surface area (Å²) < 4.78 is 10.9. The Balaban J connectivity index is 2.39. The fraction of sp³-hybridized carbons (Fsp3) is 0.182. The second-order valence-electron chi connectivity index (χ2n) is 3.00. The Bertz CT molecular complexity index is 371. The minimum absolute atomic E-state index is 0.135. The van der Waals surface area contributed by atoms with E-state index in [0.717, 1.165) is 6.29 Å². The predicted octanol–water partition coefficient (Wildman–Crippen LogP) is 1.82. The highest BCUT2D eigenvalue weighted by molar-refractivity contribution is 5.81. The third kappa shape index (κ3) is 1.37. The number of fused-ring (bicyclic) bond motifs is 1. The first-order valence-corrected chi connectivity index (χ1v) is 4.35. The van der Waals surface area contributed by atoms with E-state index in [2.05, 4.69) is 6.58 Å². The van der Waals surface area contributed by atoms with Crippen LogP contribution in [0, 0.1) is 0 Å². The minimum atomic E-state index is -0.135. The van der Waals surface area contributed by atoms with Gasteiger partial charge in [0.25, 0.3) is 0 Å². The summed E-state index contributed by atoms with van der Waals surface area (Å²) in [6, 6.07) is 5.23. The van der Waals surface area contributed by atoms with Crippen LogP contribution in [0.25, 0.3) is 0 Å². The van der Waals surface area contributed by atoms with Gasteiger partial charge in [-0.1, -0.05) is 12.6 Å². The molecule has 1 atom stereocenters. The van der Waals surface area contributed by atoms with Gasteiger partial charge in [-0.25, -0.2) is 0 Å². The summed E-state index contributed by atoms with van der Waals surface area (Å²) in [5.41, 5.74) is 0.519. The van der Waals surface area contributed by atoms with Gasteiger partial charge < -0.3 is 9.47 Å². The maximum atomic E-state index is 10.7. The van der Waals surface area contributed by atoms with Gasteiger partial charge in [0.15, 0.2) is 23.9 Å². The molecule has 0 radical (unpaired) electrons. The molecular weight excluding hydrogens is 180 g/mol. The second-order valence-corrected chi connectivity index (χ2v) is 3.00. The first kappa shape index (κ1) is 8.81. The van der Waals surface area contributed by atoms with E-state index in [9.17, 15) is 4.79 Å². The van der Waals surface area contributed by atoms with Crippen molar-refractivity contribution in [3.63, 3.8) is 0 Å². The number of benzene rings is 1. The van der Waals surface area contributed by atoms with Crippen molar-refractivity contribution in [2.75, 3.05) is 6.61 Å². The lowest BCUT2D eigenvalue weighted by Crippen LogP contribution is -2.27. The van der Waals surface area contributed by atoms with Crippen molar-refractivity contribution >= 4 is 6.29 Å². The van der Waals surface area contributed by atoms with Gasteiger partial charge in [-0.2, -0.15) is 0 Å². The summed E-state index contributed by atoms with van der Waals surface area (Å²) in [4.78, 5) is 10.7. The Kier molecular flexibility index (Phi) is 2.23. The quantitative estimate of drug-likeness (QED) is 0.527.